The number of nitrogens with zero attached hydrogens (tertiary/aromatic N) is 1. The van der Waals surface area contributed by atoms with Crippen molar-refractivity contribution in [2.24, 2.45) is 0 Å². The third-order valence-corrected chi connectivity index (χ3v) is 2.73. The number of rotatable bonds is 4. The van der Waals surface area contributed by atoms with Crippen molar-refractivity contribution in [3.05, 3.63) is 33.9 Å². The third kappa shape index (κ3) is 4.53. The van der Waals surface area contributed by atoms with Gasteiger partial charge < -0.3 is 15.7 Å². The Balaban J connectivity index is 2.86. The number of aryl methyl sites for hydroxylation is 1. The molecule has 0 saturated heterocycles. The molecule has 0 aliphatic heterocycles. The van der Waals surface area contributed by atoms with E-state index in [2.05, 4.69) is 10.6 Å². The topological polar surface area (TPSA) is 122 Å². The second-order valence-corrected chi connectivity index (χ2v) is 5.21. The quantitative estimate of drug-likeness (QED) is 0.429. The molecule has 0 spiro atoms. The first kappa shape index (κ1) is 16.6. The normalized spacial score (nSPS) is 10.9. The first-order chi connectivity index (χ1) is 9.66. The molecule has 8 heteroatoms. The number of hydrogen-bond acceptors (Lipinski definition) is 5. The maximum absolute atomic E-state index is 11.8. The fourth-order valence-electron chi connectivity index (χ4n) is 1.44. The maximum Gasteiger partial charge on any atom is 0.313 e. The fourth-order valence-corrected chi connectivity index (χ4v) is 1.44. The molecule has 2 amide bonds. The third-order valence-electron chi connectivity index (χ3n) is 2.73. The molecule has 0 aromatic heterocycles. The van der Waals surface area contributed by atoms with Gasteiger partial charge in [-0.1, -0.05) is 6.07 Å². The van der Waals surface area contributed by atoms with Crippen LogP contribution in [0.5, 0.6) is 0 Å². The van der Waals surface area contributed by atoms with E-state index in [0.717, 1.165) is 0 Å². The van der Waals surface area contributed by atoms with Crippen LogP contribution in [-0.4, -0.2) is 34.0 Å². The summed E-state index contributed by atoms with van der Waals surface area (Å²) in [6, 6.07) is 3.96. The van der Waals surface area contributed by atoms with Gasteiger partial charge in [0.1, 0.15) is 0 Å². The van der Waals surface area contributed by atoms with Crippen molar-refractivity contribution < 1.29 is 19.6 Å². The van der Waals surface area contributed by atoms with Crippen LogP contribution in [0, 0.1) is 17.0 Å². The van der Waals surface area contributed by atoms with Crippen molar-refractivity contribution in [2.45, 2.75) is 26.3 Å². The largest absolute Gasteiger partial charge is 0.394 e. The fraction of sp³-hybridized carbons (Fsp3) is 0.385. The zero-order valence-electron chi connectivity index (χ0n) is 12.0. The van der Waals surface area contributed by atoms with Crippen molar-refractivity contribution in [1.82, 2.24) is 5.32 Å². The van der Waals surface area contributed by atoms with Crippen LogP contribution < -0.4 is 10.6 Å². The minimum Gasteiger partial charge on any atom is -0.394 e. The molecule has 0 bridgehead atoms. The summed E-state index contributed by atoms with van der Waals surface area (Å²) < 4.78 is 0. The molecule has 0 radical (unpaired) electrons. The number of carbonyl (C=O) groups excluding carboxylic acids is 2. The lowest BCUT2D eigenvalue weighted by Crippen LogP contribution is -2.50. The Morgan fingerprint density at radius 1 is 1.33 bits per heavy atom. The van der Waals surface area contributed by atoms with Gasteiger partial charge in [-0.05, 0) is 26.3 Å². The van der Waals surface area contributed by atoms with Gasteiger partial charge in [0.05, 0.1) is 22.8 Å². The van der Waals surface area contributed by atoms with Gasteiger partial charge in [-0.25, -0.2) is 0 Å². The van der Waals surface area contributed by atoms with Crippen LogP contribution in [-0.2, 0) is 9.59 Å². The highest BCUT2D eigenvalue weighted by atomic mass is 16.6. The van der Waals surface area contributed by atoms with Gasteiger partial charge in [0.25, 0.3) is 5.69 Å². The summed E-state index contributed by atoms with van der Waals surface area (Å²) in [4.78, 5) is 33.6. The molecular weight excluding hydrogens is 278 g/mol. The number of carbonyl (C=O) groups is 2. The van der Waals surface area contributed by atoms with Crippen LogP contribution in [0.2, 0.25) is 0 Å². The number of aliphatic hydroxyl groups excluding tert-OH is 1. The van der Waals surface area contributed by atoms with Crippen molar-refractivity contribution >= 4 is 23.2 Å². The lowest BCUT2D eigenvalue weighted by Gasteiger charge is -2.22. The van der Waals surface area contributed by atoms with E-state index in [1.807, 2.05) is 0 Å². The molecule has 114 valence electrons. The van der Waals surface area contributed by atoms with Crippen LogP contribution in [0.3, 0.4) is 0 Å². The molecule has 0 atom stereocenters. The van der Waals surface area contributed by atoms with Gasteiger partial charge in [-0.15, -0.1) is 0 Å². The Morgan fingerprint density at radius 2 is 1.95 bits per heavy atom. The predicted octanol–water partition coefficient (Wildman–Crippen LogP) is 0.729. The molecule has 1 aromatic rings. The second-order valence-electron chi connectivity index (χ2n) is 5.21. The summed E-state index contributed by atoms with van der Waals surface area (Å²) in [5, 5.41) is 24.4. The first-order valence-electron chi connectivity index (χ1n) is 6.15. The number of nitrogens with one attached hydrogen (secondary N) is 2. The number of aliphatic hydroxyl groups is 1. The van der Waals surface area contributed by atoms with E-state index < -0.39 is 22.3 Å². The summed E-state index contributed by atoms with van der Waals surface area (Å²) in [5.74, 6) is -1.89. The van der Waals surface area contributed by atoms with E-state index >= 15 is 0 Å². The highest BCUT2D eigenvalue weighted by molar-refractivity contribution is 6.39. The molecule has 0 unspecified atom stereocenters. The molecule has 21 heavy (non-hydrogen) atoms. The molecular formula is C13H17N3O5. The van der Waals surface area contributed by atoms with Crippen LogP contribution in [0.15, 0.2) is 18.2 Å². The highest BCUT2D eigenvalue weighted by Crippen LogP contribution is 2.21. The van der Waals surface area contributed by atoms with Gasteiger partial charge in [0.2, 0.25) is 0 Å². The average molecular weight is 295 g/mol. The minimum absolute atomic E-state index is 0.186. The number of non-ortho nitro benzene ring substituents is 1. The molecule has 0 aliphatic carbocycles. The maximum atomic E-state index is 11.8. The molecule has 3 N–H and O–H groups in total. The standard InChI is InChI=1S/C13H17N3O5/c1-8-4-5-9(16(20)21)6-10(8)14-11(18)12(19)15-13(2,3)7-17/h4-6,17H,7H2,1-3H3,(H,14,18)(H,15,19). The van der Waals surface area contributed by atoms with E-state index in [9.17, 15) is 19.7 Å². The lowest BCUT2D eigenvalue weighted by atomic mass is 10.1. The van der Waals surface area contributed by atoms with E-state index in [4.69, 9.17) is 5.11 Å². The zero-order chi connectivity index (χ0) is 16.2. The molecule has 0 fully saturated rings. The van der Waals surface area contributed by atoms with Crippen molar-refractivity contribution in [3.63, 3.8) is 0 Å². The summed E-state index contributed by atoms with van der Waals surface area (Å²) >= 11 is 0. The van der Waals surface area contributed by atoms with E-state index in [-0.39, 0.29) is 18.0 Å². The first-order valence-corrected chi connectivity index (χ1v) is 6.15. The molecule has 1 aromatic carbocycles. The van der Waals surface area contributed by atoms with E-state index in [1.165, 1.54) is 18.2 Å². The number of amides is 2. The van der Waals surface area contributed by atoms with Crippen LogP contribution in [0.25, 0.3) is 0 Å². The minimum atomic E-state index is -0.958. The highest BCUT2D eigenvalue weighted by Gasteiger charge is 2.24. The van der Waals surface area contributed by atoms with Crippen molar-refractivity contribution in [3.8, 4) is 0 Å². The molecule has 0 saturated carbocycles. The Bertz CT molecular complexity index is 583. The number of hydrogen-bond donors (Lipinski definition) is 3. The summed E-state index contributed by atoms with van der Waals surface area (Å²) in [6.45, 7) is 4.42. The Morgan fingerprint density at radius 3 is 2.48 bits per heavy atom. The molecule has 0 aliphatic rings. The number of nitro benzene ring substituents is 1. The van der Waals surface area contributed by atoms with Gasteiger partial charge in [0.15, 0.2) is 0 Å². The molecule has 1 rings (SSSR count). The number of benzene rings is 1. The Kier molecular flexibility index (Phi) is 4.98. The van der Waals surface area contributed by atoms with Crippen LogP contribution in [0.4, 0.5) is 11.4 Å². The van der Waals surface area contributed by atoms with Crippen molar-refractivity contribution in [2.75, 3.05) is 11.9 Å². The zero-order valence-corrected chi connectivity index (χ0v) is 12.0. The monoisotopic (exact) mass is 295 g/mol. The van der Waals surface area contributed by atoms with Crippen molar-refractivity contribution in [1.29, 1.82) is 0 Å². The average Bonchev–Trinajstić information content (AvgIpc) is 2.40. The Labute approximate surface area is 121 Å². The van der Waals surface area contributed by atoms with E-state index in [1.54, 1.807) is 20.8 Å². The smallest absolute Gasteiger partial charge is 0.313 e. The van der Waals surface area contributed by atoms with Gasteiger partial charge in [-0.3, -0.25) is 19.7 Å². The SMILES string of the molecule is Cc1ccc([N+](=O)[O-])cc1NC(=O)C(=O)NC(C)(C)CO. The summed E-state index contributed by atoms with van der Waals surface area (Å²) in [7, 11) is 0. The number of nitro groups is 1. The summed E-state index contributed by atoms with van der Waals surface area (Å²) in [6.07, 6.45) is 0. The van der Waals surface area contributed by atoms with E-state index in [0.29, 0.717) is 5.56 Å². The predicted molar refractivity (Wildman–Crippen MR) is 75.8 cm³/mol. The summed E-state index contributed by atoms with van der Waals surface area (Å²) in [5.41, 5.74) is -0.354. The second kappa shape index (κ2) is 6.31. The van der Waals surface area contributed by atoms with Gasteiger partial charge in [-0.2, -0.15) is 0 Å². The lowest BCUT2D eigenvalue weighted by molar-refractivity contribution is -0.384. The van der Waals surface area contributed by atoms with Crippen LogP contribution in [0.1, 0.15) is 19.4 Å². The Hall–Kier alpha value is -2.48. The van der Waals surface area contributed by atoms with Gasteiger partial charge in [0, 0.05) is 12.1 Å². The molecule has 8 nitrogen and oxygen atoms in total. The molecule has 0 heterocycles. The number of anilines is 1. The van der Waals surface area contributed by atoms with Crippen LogP contribution >= 0.6 is 0 Å². The van der Waals surface area contributed by atoms with Gasteiger partial charge >= 0.3 is 11.8 Å².